The number of hydrogen-bond acceptors (Lipinski definition) is 4. The van der Waals surface area contributed by atoms with Crippen LogP contribution in [0.2, 0.25) is 0 Å². The minimum atomic E-state index is -2.84. The second-order valence-corrected chi connectivity index (χ2v) is 6.17. The number of benzene rings is 1. The molecule has 0 fully saturated rings. The molecule has 0 aliphatic heterocycles. The number of ether oxygens (including phenoxy) is 1. The highest BCUT2D eigenvalue weighted by Crippen LogP contribution is 2.29. The van der Waals surface area contributed by atoms with Crippen molar-refractivity contribution in [3.05, 3.63) is 41.3 Å². The van der Waals surface area contributed by atoms with Crippen molar-refractivity contribution < 1.29 is 18.3 Å². The van der Waals surface area contributed by atoms with Crippen molar-refractivity contribution in [2.75, 3.05) is 6.54 Å². The molecule has 0 aliphatic rings. The summed E-state index contributed by atoms with van der Waals surface area (Å²) in [5, 5.41) is 2.81. The van der Waals surface area contributed by atoms with E-state index in [1.165, 1.54) is 23.5 Å². The van der Waals surface area contributed by atoms with Gasteiger partial charge in [-0.2, -0.15) is 8.78 Å². The maximum Gasteiger partial charge on any atom is 0.387 e. The van der Waals surface area contributed by atoms with Crippen LogP contribution in [0.15, 0.2) is 36.4 Å². The maximum absolute atomic E-state index is 12.1. The van der Waals surface area contributed by atoms with Gasteiger partial charge in [-0.05, 0) is 55.3 Å². The summed E-state index contributed by atoms with van der Waals surface area (Å²) < 4.78 is 28.5. The third-order valence-electron chi connectivity index (χ3n) is 3.08. The molecule has 0 radical (unpaired) electrons. The SMILES string of the molecule is CC(N)CCNC(=O)c1ccc(-c2ccc(OC(F)F)cc2)s1.Cl. The fourth-order valence-electron chi connectivity index (χ4n) is 1.92. The van der Waals surface area contributed by atoms with Gasteiger partial charge in [0.2, 0.25) is 0 Å². The van der Waals surface area contributed by atoms with Crippen molar-refractivity contribution in [1.82, 2.24) is 5.32 Å². The number of carbonyl (C=O) groups excluding carboxylic acids is 1. The van der Waals surface area contributed by atoms with E-state index in [0.29, 0.717) is 11.4 Å². The number of halogens is 3. The standard InChI is InChI=1S/C16H18F2N2O2S.ClH/c1-10(19)8-9-20-15(21)14-7-6-13(23-14)11-2-4-12(5-3-11)22-16(17)18;/h2-7,10,16H,8-9,19H2,1H3,(H,20,21);1H. The summed E-state index contributed by atoms with van der Waals surface area (Å²) in [6.07, 6.45) is 0.718. The molecule has 1 aromatic heterocycles. The van der Waals surface area contributed by atoms with Crippen LogP contribution in [0.5, 0.6) is 5.75 Å². The molecule has 132 valence electrons. The Kier molecular flexibility index (Phi) is 8.10. The third kappa shape index (κ3) is 6.07. The first-order valence-corrected chi connectivity index (χ1v) is 7.96. The minimum Gasteiger partial charge on any atom is -0.435 e. The first kappa shape index (κ1) is 20.3. The van der Waals surface area contributed by atoms with Gasteiger partial charge >= 0.3 is 6.61 Å². The highest BCUT2D eigenvalue weighted by molar-refractivity contribution is 7.17. The average Bonchev–Trinajstić information content (AvgIpc) is 2.97. The van der Waals surface area contributed by atoms with Gasteiger partial charge < -0.3 is 15.8 Å². The normalized spacial score (nSPS) is 11.7. The lowest BCUT2D eigenvalue weighted by molar-refractivity contribution is -0.0498. The molecule has 0 aliphatic carbocycles. The van der Waals surface area contributed by atoms with E-state index in [-0.39, 0.29) is 30.1 Å². The Morgan fingerprint density at radius 1 is 1.25 bits per heavy atom. The van der Waals surface area contributed by atoms with Crippen molar-refractivity contribution in [3.63, 3.8) is 0 Å². The first-order chi connectivity index (χ1) is 11.0. The van der Waals surface area contributed by atoms with Crippen LogP contribution in [-0.4, -0.2) is 25.1 Å². The van der Waals surface area contributed by atoms with Gasteiger partial charge in [0.1, 0.15) is 5.75 Å². The van der Waals surface area contributed by atoms with Gasteiger partial charge in [0.25, 0.3) is 5.91 Å². The van der Waals surface area contributed by atoms with E-state index in [1.54, 1.807) is 18.2 Å². The summed E-state index contributed by atoms with van der Waals surface area (Å²) in [5.41, 5.74) is 6.47. The van der Waals surface area contributed by atoms with Crippen LogP contribution >= 0.6 is 23.7 Å². The minimum absolute atomic E-state index is 0. The molecule has 0 spiro atoms. The number of thiophene rings is 1. The van der Waals surface area contributed by atoms with Gasteiger partial charge in [-0.25, -0.2) is 0 Å². The van der Waals surface area contributed by atoms with Gasteiger partial charge in [-0.3, -0.25) is 4.79 Å². The molecule has 0 saturated heterocycles. The highest BCUT2D eigenvalue weighted by Gasteiger charge is 2.11. The fourth-order valence-corrected chi connectivity index (χ4v) is 2.84. The number of rotatable bonds is 7. The molecule has 2 rings (SSSR count). The van der Waals surface area contributed by atoms with Crippen LogP contribution in [0.1, 0.15) is 23.0 Å². The molecule has 3 N–H and O–H groups in total. The Labute approximate surface area is 149 Å². The third-order valence-corrected chi connectivity index (χ3v) is 4.21. The largest absolute Gasteiger partial charge is 0.435 e. The molecule has 1 atom stereocenters. The van der Waals surface area contributed by atoms with E-state index in [1.807, 2.05) is 13.0 Å². The average molecular weight is 377 g/mol. The summed E-state index contributed by atoms with van der Waals surface area (Å²) >= 11 is 1.34. The van der Waals surface area contributed by atoms with Gasteiger partial charge in [0, 0.05) is 17.5 Å². The van der Waals surface area contributed by atoms with Gasteiger partial charge in [-0.15, -0.1) is 23.7 Å². The van der Waals surface area contributed by atoms with Crippen molar-refractivity contribution in [1.29, 1.82) is 0 Å². The molecule has 1 unspecified atom stereocenters. The summed E-state index contributed by atoms with van der Waals surface area (Å²) in [6, 6.07) is 9.93. The fraction of sp³-hybridized carbons (Fsp3) is 0.312. The summed E-state index contributed by atoms with van der Waals surface area (Å²) in [7, 11) is 0. The molecule has 0 bridgehead atoms. The van der Waals surface area contributed by atoms with Crippen LogP contribution < -0.4 is 15.8 Å². The molecule has 8 heteroatoms. The maximum atomic E-state index is 12.1. The smallest absolute Gasteiger partial charge is 0.387 e. The monoisotopic (exact) mass is 376 g/mol. The Bertz CT molecular complexity index is 648. The number of alkyl halides is 2. The van der Waals surface area contributed by atoms with Crippen molar-refractivity contribution in [3.8, 4) is 16.2 Å². The molecule has 1 aromatic carbocycles. The van der Waals surface area contributed by atoms with E-state index < -0.39 is 6.61 Å². The Hall–Kier alpha value is -1.70. The zero-order valence-corrected chi connectivity index (χ0v) is 14.6. The zero-order chi connectivity index (χ0) is 16.8. The number of carbonyl (C=O) groups is 1. The van der Waals surface area contributed by atoms with E-state index in [4.69, 9.17) is 5.73 Å². The predicted octanol–water partition coefficient (Wildman–Crippen LogP) is 3.91. The van der Waals surface area contributed by atoms with Gasteiger partial charge in [-0.1, -0.05) is 0 Å². The van der Waals surface area contributed by atoms with E-state index in [9.17, 15) is 13.6 Å². The van der Waals surface area contributed by atoms with E-state index >= 15 is 0 Å². The molecule has 4 nitrogen and oxygen atoms in total. The van der Waals surface area contributed by atoms with Crippen LogP contribution in [0.25, 0.3) is 10.4 Å². The zero-order valence-electron chi connectivity index (χ0n) is 13.0. The lowest BCUT2D eigenvalue weighted by Gasteiger charge is -2.06. The molecular weight excluding hydrogens is 358 g/mol. The van der Waals surface area contributed by atoms with Crippen molar-refractivity contribution in [2.45, 2.75) is 26.0 Å². The molecule has 0 saturated carbocycles. The van der Waals surface area contributed by atoms with Gasteiger partial charge in [0.05, 0.1) is 4.88 Å². The second kappa shape index (κ2) is 9.56. The van der Waals surface area contributed by atoms with Gasteiger partial charge in [0.15, 0.2) is 0 Å². The molecule has 1 heterocycles. The molecular formula is C16H19ClF2N2O2S. The van der Waals surface area contributed by atoms with E-state index in [0.717, 1.165) is 16.9 Å². The second-order valence-electron chi connectivity index (χ2n) is 5.09. The van der Waals surface area contributed by atoms with Crippen LogP contribution in [0.3, 0.4) is 0 Å². The topological polar surface area (TPSA) is 64.3 Å². The van der Waals surface area contributed by atoms with E-state index in [2.05, 4.69) is 10.1 Å². The number of amides is 1. The van der Waals surface area contributed by atoms with Crippen LogP contribution in [-0.2, 0) is 0 Å². The summed E-state index contributed by atoms with van der Waals surface area (Å²) in [6.45, 7) is -0.422. The summed E-state index contributed by atoms with van der Waals surface area (Å²) in [5.74, 6) is -0.0336. The number of nitrogens with two attached hydrogens (primary N) is 1. The highest BCUT2D eigenvalue weighted by atomic mass is 35.5. The summed E-state index contributed by atoms with van der Waals surface area (Å²) in [4.78, 5) is 13.5. The predicted molar refractivity (Wildman–Crippen MR) is 94.2 cm³/mol. The number of hydrogen-bond donors (Lipinski definition) is 2. The Balaban J connectivity index is 0.00000288. The first-order valence-electron chi connectivity index (χ1n) is 7.14. The lowest BCUT2D eigenvalue weighted by Crippen LogP contribution is -2.28. The number of nitrogens with one attached hydrogen (secondary N) is 1. The van der Waals surface area contributed by atoms with Crippen molar-refractivity contribution in [2.24, 2.45) is 5.73 Å². The molecule has 1 amide bonds. The quantitative estimate of drug-likeness (QED) is 0.770. The molecule has 24 heavy (non-hydrogen) atoms. The Morgan fingerprint density at radius 3 is 2.50 bits per heavy atom. The van der Waals surface area contributed by atoms with Crippen LogP contribution in [0, 0.1) is 0 Å². The van der Waals surface area contributed by atoms with Crippen LogP contribution in [0.4, 0.5) is 8.78 Å². The lowest BCUT2D eigenvalue weighted by atomic mass is 10.2. The Morgan fingerprint density at radius 2 is 1.92 bits per heavy atom. The molecule has 2 aromatic rings. The van der Waals surface area contributed by atoms with Crippen molar-refractivity contribution >= 4 is 29.7 Å².